The summed E-state index contributed by atoms with van der Waals surface area (Å²) in [5.41, 5.74) is 5.43. The molecule has 2 nitrogen and oxygen atoms in total. The number of nitrogens with one attached hydrogen (secondary N) is 1. The highest BCUT2D eigenvalue weighted by Crippen LogP contribution is 2.36. The highest BCUT2D eigenvalue weighted by molar-refractivity contribution is 6.31. The molecule has 0 spiro atoms. The van der Waals surface area contributed by atoms with Gasteiger partial charge in [0.2, 0.25) is 0 Å². The standard InChI is InChI=1S/C16H25ClN2/c1-3-12-5-7-14(9-12)16(19-18)10-13-6-4-11(2)8-15(13)17/h4,6,8,12,14,16,19H,3,5,7,9-10,18H2,1-2H3. The summed E-state index contributed by atoms with van der Waals surface area (Å²) in [7, 11) is 0. The smallest absolute Gasteiger partial charge is 0.0441 e. The monoisotopic (exact) mass is 280 g/mol. The van der Waals surface area contributed by atoms with E-state index in [1.54, 1.807) is 0 Å². The second-order valence-corrected chi connectivity index (χ2v) is 6.33. The van der Waals surface area contributed by atoms with Crippen molar-refractivity contribution >= 4 is 11.6 Å². The van der Waals surface area contributed by atoms with Gasteiger partial charge in [-0.25, -0.2) is 0 Å². The van der Waals surface area contributed by atoms with Gasteiger partial charge in [0, 0.05) is 11.1 Å². The number of aryl methyl sites for hydroxylation is 1. The zero-order chi connectivity index (χ0) is 13.8. The van der Waals surface area contributed by atoms with Crippen molar-refractivity contribution < 1.29 is 0 Å². The van der Waals surface area contributed by atoms with E-state index in [-0.39, 0.29) is 0 Å². The predicted molar refractivity (Wildman–Crippen MR) is 82.1 cm³/mol. The van der Waals surface area contributed by atoms with Crippen molar-refractivity contribution in [3.05, 3.63) is 34.3 Å². The van der Waals surface area contributed by atoms with Crippen molar-refractivity contribution in [1.82, 2.24) is 5.43 Å². The first-order valence-corrected chi connectivity index (χ1v) is 7.73. The first kappa shape index (κ1) is 14.8. The number of benzene rings is 1. The molecule has 3 N–H and O–H groups in total. The van der Waals surface area contributed by atoms with Crippen LogP contribution in [0, 0.1) is 18.8 Å². The molecule has 0 aromatic heterocycles. The van der Waals surface area contributed by atoms with E-state index in [4.69, 9.17) is 17.4 Å². The van der Waals surface area contributed by atoms with Crippen LogP contribution in [0.15, 0.2) is 18.2 Å². The third-order valence-corrected chi connectivity index (χ3v) is 4.94. The molecule has 1 aliphatic rings. The van der Waals surface area contributed by atoms with Gasteiger partial charge in [-0.3, -0.25) is 11.3 Å². The van der Waals surface area contributed by atoms with Gasteiger partial charge in [-0.1, -0.05) is 43.5 Å². The van der Waals surface area contributed by atoms with Crippen LogP contribution in [0.5, 0.6) is 0 Å². The lowest BCUT2D eigenvalue weighted by Crippen LogP contribution is -2.41. The van der Waals surface area contributed by atoms with Gasteiger partial charge in [0.05, 0.1) is 0 Å². The van der Waals surface area contributed by atoms with E-state index in [0.717, 1.165) is 17.4 Å². The normalized spacial score (nSPS) is 24.6. The van der Waals surface area contributed by atoms with Crippen molar-refractivity contribution in [3.63, 3.8) is 0 Å². The summed E-state index contributed by atoms with van der Waals surface area (Å²) in [4.78, 5) is 0. The van der Waals surface area contributed by atoms with Gasteiger partial charge in [-0.05, 0) is 55.2 Å². The molecular weight excluding hydrogens is 256 g/mol. The van der Waals surface area contributed by atoms with E-state index < -0.39 is 0 Å². The van der Waals surface area contributed by atoms with Crippen molar-refractivity contribution in [2.24, 2.45) is 17.7 Å². The first-order valence-electron chi connectivity index (χ1n) is 7.35. The lowest BCUT2D eigenvalue weighted by Gasteiger charge is -2.23. The van der Waals surface area contributed by atoms with E-state index in [1.165, 1.54) is 36.8 Å². The van der Waals surface area contributed by atoms with Crippen LogP contribution >= 0.6 is 11.6 Å². The quantitative estimate of drug-likeness (QED) is 0.635. The fraction of sp³-hybridized carbons (Fsp3) is 0.625. The zero-order valence-corrected chi connectivity index (χ0v) is 12.7. The van der Waals surface area contributed by atoms with Crippen LogP contribution in [0.2, 0.25) is 5.02 Å². The Morgan fingerprint density at radius 2 is 2.21 bits per heavy atom. The molecule has 3 atom stereocenters. The topological polar surface area (TPSA) is 38.0 Å². The van der Waals surface area contributed by atoms with Crippen molar-refractivity contribution in [2.75, 3.05) is 0 Å². The number of halogens is 1. The van der Waals surface area contributed by atoms with Crippen LogP contribution in [0.4, 0.5) is 0 Å². The Balaban J connectivity index is 2.03. The average Bonchev–Trinajstić information content (AvgIpc) is 2.86. The first-order chi connectivity index (χ1) is 9.13. The van der Waals surface area contributed by atoms with Gasteiger partial charge < -0.3 is 0 Å². The van der Waals surface area contributed by atoms with Gasteiger partial charge in [0.1, 0.15) is 0 Å². The largest absolute Gasteiger partial charge is 0.271 e. The molecule has 3 heteroatoms. The number of hydrogen-bond donors (Lipinski definition) is 2. The summed E-state index contributed by atoms with van der Waals surface area (Å²) in [5, 5.41) is 0.866. The second-order valence-electron chi connectivity index (χ2n) is 5.92. The summed E-state index contributed by atoms with van der Waals surface area (Å²) in [6, 6.07) is 6.64. The lowest BCUT2D eigenvalue weighted by atomic mass is 9.91. The highest BCUT2D eigenvalue weighted by Gasteiger charge is 2.29. The SMILES string of the molecule is CCC1CCC(C(Cc2ccc(C)cc2Cl)NN)C1. The summed E-state index contributed by atoms with van der Waals surface area (Å²) < 4.78 is 0. The second kappa shape index (κ2) is 6.74. The lowest BCUT2D eigenvalue weighted by molar-refractivity contribution is 0.348. The third-order valence-electron chi connectivity index (χ3n) is 4.59. The molecule has 0 bridgehead atoms. The Hall–Kier alpha value is -0.570. The van der Waals surface area contributed by atoms with Crippen LogP contribution in [-0.4, -0.2) is 6.04 Å². The fourth-order valence-electron chi connectivity index (χ4n) is 3.27. The molecule has 1 aliphatic carbocycles. The fourth-order valence-corrected chi connectivity index (χ4v) is 3.58. The number of nitrogens with two attached hydrogens (primary N) is 1. The van der Waals surface area contributed by atoms with E-state index >= 15 is 0 Å². The van der Waals surface area contributed by atoms with Crippen LogP contribution in [0.25, 0.3) is 0 Å². The van der Waals surface area contributed by atoms with Gasteiger partial charge in [0.25, 0.3) is 0 Å². The van der Waals surface area contributed by atoms with Crippen molar-refractivity contribution in [1.29, 1.82) is 0 Å². The molecule has 0 heterocycles. The highest BCUT2D eigenvalue weighted by atomic mass is 35.5. The van der Waals surface area contributed by atoms with E-state index in [0.29, 0.717) is 12.0 Å². The Morgan fingerprint density at radius 1 is 1.42 bits per heavy atom. The molecule has 0 amide bonds. The maximum absolute atomic E-state index is 6.32. The molecule has 1 aromatic rings. The van der Waals surface area contributed by atoms with Crippen LogP contribution in [0.1, 0.15) is 43.7 Å². The number of hydrogen-bond acceptors (Lipinski definition) is 2. The van der Waals surface area contributed by atoms with Gasteiger partial charge in [-0.2, -0.15) is 0 Å². The maximum Gasteiger partial charge on any atom is 0.0441 e. The van der Waals surface area contributed by atoms with Gasteiger partial charge in [0.15, 0.2) is 0 Å². The van der Waals surface area contributed by atoms with E-state index in [1.807, 2.05) is 6.07 Å². The molecule has 19 heavy (non-hydrogen) atoms. The molecule has 0 aliphatic heterocycles. The molecule has 106 valence electrons. The number of rotatable bonds is 5. The average molecular weight is 281 g/mol. The van der Waals surface area contributed by atoms with Crippen LogP contribution in [-0.2, 0) is 6.42 Å². The molecule has 3 unspecified atom stereocenters. The minimum absolute atomic E-state index is 0.344. The van der Waals surface area contributed by atoms with E-state index in [9.17, 15) is 0 Å². The van der Waals surface area contributed by atoms with Crippen LogP contribution in [0.3, 0.4) is 0 Å². The van der Waals surface area contributed by atoms with E-state index in [2.05, 4.69) is 31.4 Å². The van der Waals surface area contributed by atoms with Crippen molar-refractivity contribution in [2.45, 2.75) is 52.0 Å². The van der Waals surface area contributed by atoms with Crippen LogP contribution < -0.4 is 11.3 Å². The Morgan fingerprint density at radius 3 is 2.79 bits per heavy atom. The minimum Gasteiger partial charge on any atom is -0.271 e. The summed E-state index contributed by atoms with van der Waals surface area (Å²) in [5.74, 6) is 7.35. The Kier molecular flexibility index (Phi) is 5.26. The third kappa shape index (κ3) is 3.71. The molecule has 1 saturated carbocycles. The van der Waals surface area contributed by atoms with Gasteiger partial charge >= 0.3 is 0 Å². The molecular formula is C16H25ClN2. The Bertz CT molecular complexity index is 419. The molecule has 2 rings (SSSR count). The summed E-state index contributed by atoms with van der Waals surface area (Å²) in [6.07, 6.45) is 6.16. The summed E-state index contributed by atoms with van der Waals surface area (Å²) in [6.45, 7) is 4.35. The predicted octanol–water partition coefficient (Wildman–Crippen LogP) is 3.85. The molecule has 0 saturated heterocycles. The van der Waals surface area contributed by atoms with Gasteiger partial charge in [-0.15, -0.1) is 0 Å². The molecule has 1 aromatic carbocycles. The summed E-state index contributed by atoms with van der Waals surface area (Å²) >= 11 is 6.32. The minimum atomic E-state index is 0.344. The Labute approximate surface area is 121 Å². The van der Waals surface area contributed by atoms with Crippen molar-refractivity contribution in [3.8, 4) is 0 Å². The zero-order valence-electron chi connectivity index (χ0n) is 12.0. The maximum atomic E-state index is 6.32. The number of hydrazine groups is 1. The molecule has 1 fully saturated rings. The molecule has 0 radical (unpaired) electrons.